The minimum atomic E-state index is -0.863. The minimum Gasteiger partial charge on any atom is -0.457 e. The number of rotatable bonds is 5. The van der Waals surface area contributed by atoms with Crippen LogP contribution in [0.4, 0.5) is 0 Å². The third-order valence-electron chi connectivity index (χ3n) is 4.29. The summed E-state index contributed by atoms with van der Waals surface area (Å²) in [5.41, 5.74) is 3.02. The van der Waals surface area contributed by atoms with Crippen molar-refractivity contribution < 1.29 is 19.2 Å². The van der Waals surface area contributed by atoms with E-state index in [0.29, 0.717) is 30.2 Å². The van der Waals surface area contributed by atoms with Gasteiger partial charge in [0.2, 0.25) is 0 Å². The van der Waals surface area contributed by atoms with Crippen molar-refractivity contribution in [3.05, 3.63) is 83.7 Å². The molecule has 6 nitrogen and oxygen atoms in total. The van der Waals surface area contributed by atoms with E-state index in [2.05, 4.69) is 10.3 Å². The van der Waals surface area contributed by atoms with Gasteiger partial charge in [-0.15, -0.1) is 0 Å². The Bertz CT molecular complexity index is 948. The molecule has 2 N–H and O–H groups in total. The Labute approximate surface area is 156 Å². The van der Waals surface area contributed by atoms with Crippen molar-refractivity contribution in [2.75, 3.05) is 0 Å². The molecule has 0 saturated carbocycles. The number of nitrogens with zero attached hydrogens (tertiary/aromatic N) is 1. The zero-order valence-electron chi connectivity index (χ0n) is 14.5. The highest BCUT2D eigenvalue weighted by Gasteiger charge is 2.27. The zero-order valence-corrected chi connectivity index (χ0v) is 14.5. The Morgan fingerprint density at radius 3 is 2.74 bits per heavy atom. The molecule has 134 valence electrons. The maximum atomic E-state index is 12.2. The molecule has 0 unspecified atom stereocenters. The topological polar surface area (TPSA) is 80.7 Å². The molecule has 4 rings (SSSR count). The Balaban J connectivity index is 1.38. The van der Waals surface area contributed by atoms with Gasteiger partial charge in [0.15, 0.2) is 0 Å². The highest BCUT2D eigenvalue weighted by molar-refractivity contribution is 6.61. The van der Waals surface area contributed by atoms with Crippen molar-refractivity contribution >= 4 is 18.5 Å². The van der Waals surface area contributed by atoms with E-state index in [1.807, 2.05) is 24.3 Å². The molecule has 0 saturated heterocycles. The van der Waals surface area contributed by atoms with E-state index in [1.54, 1.807) is 42.6 Å². The molecule has 0 atom stereocenters. The second kappa shape index (κ2) is 7.61. The van der Waals surface area contributed by atoms with Gasteiger partial charge in [-0.3, -0.25) is 9.78 Å². The van der Waals surface area contributed by atoms with Crippen LogP contribution in [0.5, 0.6) is 11.5 Å². The van der Waals surface area contributed by atoms with Gasteiger partial charge >= 0.3 is 7.12 Å². The van der Waals surface area contributed by atoms with Crippen LogP contribution in [0.3, 0.4) is 0 Å². The molecule has 2 aromatic carbocycles. The number of nitrogens with one attached hydrogen (secondary N) is 1. The van der Waals surface area contributed by atoms with Gasteiger partial charge < -0.3 is 19.7 Å². The highest BCUT2D eigenvalue weighted by atomic mass is 16.5. The molecule has 1 aliphatic rings. The van der Waals surface area contributed by atoms with Crippen LogP contribution in [0, 0.1) is 0 Å². The maximum absolute atomic E-state index is 12.2. The molecule has 1 aliphatic heterocycles. The molecular weight excluding hydrogens is 343 g/mol. The summed E-state index contributed by atoms with van der Waals surface area (Å²) >= 11 is 0. The fourth-order valence-electron chi connectivity index (χ4n) is 2.86. The van der Waals surface area contributed by atoms with Gasteiger partial charge in [-0.05, 0) is 59.6 Å². The molecule has 1 aromatic heterocycles. The van der Waals surface area contributed by atoms with Gasteiger partial charge in [-0.1, -0.05) is 12.1 Å². The van der Waals surface area contributed by atoms with E-state index in [0.717, 1.165) is 16.7 Å². The summed E-state index contributed by atoms with van der Waals surface area (Å²) in [6.45, 7) is 0.740. The van der Waals surface area contributed by atoms with Crippen molar-refractivity contribution in [2.45, 2.75) is 13.2 Å². The van der Waals surface area contributed by atoms with E-state index in [1.165, 1.54) is 0 Å². The maximum Gasteiger partial charge on any atom is 0.491 e. The quantitative estimate of drug-likeness (QED) is 0.681. The van der Waals surface area contributed by atoms with Gasteiger partial charge in [0.05, 0.1) is 18.8 Å². The summed E-state index contributed by atoms with van der Waals surface area (Å²) in [5, 5.41) is 12.5. The first-order chi connectivity index (χ1) is 13.2. The third-order valence-corrected chi connectivity index (χ3v) is 4.29. The molecule has 0 spiro atoms. The average molecular weight is 360 g/mol. The molecule has 0 radical (unpaired) electrons. The Hall–Kier alpha value is -3.16. The molecule has 1 amide bonds. The van der Waals surface area contributed by atoms with E-state index in [9.17, 15) is 9.82 Å². The van der Waals surface area contributed by atoms with Crippen LogP contribution in [0.25, 0.3) is 0 Å². The first-order valence-corrected chi connectivity index (χ1v) is 8.57. The van der Waals surface area contributed by atoms with Crippen LogP contribution in [0.2, 0.25) is 0 Å². The standard InChI is InChI=1S/C20H17BN2O4/c24-20(23-12-16-3-1-2-10-22-16)14-4-6-17(7-5-14)27-18-8-9-19-15(11-18)13-26-21(19)25/h1-11,25H,12-13H2,(H,23,24). The lowest BCUT2D eigenvalue weighted by molar-refractivity contribution is 0.0950. The zero-order chi connectivity index (χ0) is 18.6. The SMILES string of the molecule is O=C(NCc1ccccn1)c1ccc(Oc2ccc3c(c2)COB3O)cc1. The number of amides is 1. The molecule has 0 fully saturated rings. The summed E-state index contributed by atoms with van der Waals surface area (Å²) in [6.07, 6.45) is 1.69. The number of carbonyl (C=O) groups excluding carboxylic acids is 1. The van der Waals surface area contributed by atoms with Crippen LogP contribution in [-0.2, 0) is 17.8 Å². The van der Waals surface area contributed by atoms with Crippen LogP contribution >= 0.6 is 0 Å². The summed E-state index contributed by atoms with van der Waals surface area (Å²) in [5.74, 6) is 1.10. The van der Waals surface area contributed by atoms with Crippen LogP contribution in [0.1, 0.15) is 21.6 Å². The van der Waals surface area contributed by atoms with Crippen LogP contribution in [-0.4, -0.2) is 23.0 Å². The Morgan fingerprint density at radius 2 is 1.96 bits per heavy atom. The number of aromatic nitrogens is 1. The van der Waals surface area contributed by atoms with Crippen molar-refractivity contribution in [1.82, 2.24) is 10.3 Å². The first-order valence-electron chi connectivity index (χ1n) is 8.57. The van der Waals surface area contributed by atoms with E-state index in [-0.39, 0.29) is 5.91 Å². The Morgan fingerprint density at radius 1 is 1.15 bits per heavy atom. The highest BCUT2D eigenvalue weighted by Crippen LogP contribution is 2.24. The fraction of sp³-hybridized carbons (Fsp3) is 0.100. The number of hydrogen-bond acceptors (Lipinski definition) is 5. The van der Waals surface area contributed by atoms with E-state index < -0.39 is 7.12 Å². The summed E-state index contributed by atoms with van der Waals surface area (Å²) in [4.78, 5) is 16.4. The van der Waals surface area contributed by atoms with Crippen molar-refractivity contribution in [1.29, 1.82) is 0 Å². The minimum absolute atomic E-state index is 0.170. The summed E-state index contributed by atoms with van der Waals surface area (Å²) in [6, 6.07) is 17.9. The second-order valence-corrected chi connectivity index (χ2v) is 6.15. The molecule has 3 aromatic rings. The summed E-state index contributed by atoms with van der Waals surface area (Å²) < 4.78 is 11.0. The smallest absolute Gasteiger partial charge is 0.457 e. The summed E-state index contributed by atoms with van der Waals surface area (Å²) in [7, 11) is -0.863. The first kappa shape index (κ1) is 17.3. The normalized spacial score (nSPS) is 12.6. The van der Waals surface area contributed by atoms with Gasteiger partial charge in [-0.25, -0.2) is 0 Å². The number of ether oxygens (including phenoxy) is 1. The second-order valence-electron chi connectivity index (χ2n) is 6.15. The predicted octanol–water partition coefficient (Wildman–Crippen LogP) is 2.02. The van der Waals surface area contributed by atoms with Gasteiger partial charge in [0.25, 0.3) is 5.91 Å². The lowest BCUT2D eigenvalue weighted by atomic mass is 9.80. The van der Waals surface area contributed by atoms with E-state index in [4.69, 9.17) is 9.39 Å². The number of pyridine rings is 1. The Kier molecular flexibility index (Phi) is 4.87. The number of hydrogen-bond donors (Lipinski definition) is 2. The monoisotopic (exact) mass is 360 g/mol. The van der Waals surface area contributed by atoms with Gasteiger partial charge in [0, 0.05) is 11.8 Å². The van der Waals surface area contributed by atoms with Crippen LogP contribution < -0.4 is 15.5 Å². The van der Waals surface area contributed by atoms with Gasteiger partial charge in [0.1, 0.15) is 11.5 Å². The van der Waals surface area contributed by atoms with Crippen LogP contribution in [0.15, 0.2) is 66.9 Å². The molecule has 27 heavy (non-hydrogen) atoms. The number of benzene rings is 2. The van der Waals surface area contributed by atoms with E-state index >= 15 is 0 Å². The molecule has 2 heterocycles. The van der Waals surface area contributed by atoms with Crippen molar-refractivity contribution in [3.63, 3.8) is 0 Å². The molecular formula is C20H17BN2O4. The predicted molar refractivity (Wildman–Crippen MR) is 101 cm³/mol. The molecule has 0 bridgehead atoms. The fourth-order valence-corrected chi connectivity index (χ4v) is 2.86. The number of carbonyl (C=O) groups is 1. The lowest BCUT2D eigenvalue weighted by Crippen LogP contribution is -2.27. The average Bonchev–Trinajstić information content (AvgIpc) is 3.08. The van der Waals surface area contributed by atoms with Crippen molar-refractivity contribution in [3.8, 4) is 11.5 Å². The largest absolute Gasteiger partial charge is 0.491 e. The molecule has 0 aliphatic carbocycles. The number of fused-ring (bicyclic) bond motifs is 1. The lowest BCUT2D eigenvalue weighted by Gasteiger charge is -2.09. The third kappa shape index (κ3) is 4.00. The van der Waals surface area contributed by atoms with Gasteiger partial charge in [-0.2, -0.15) is 0 Å². The molecule has 7 heteroatoms. The van der Waals surface area contributed by atoms with Crippen molar-refractivity contribution in [2.24, 2.45) is 0 Å².